The Bertz CT molecular complexity index is 519. The van der Waals surface area contributed by atoms with Gasteiger partial charge in [0.1, 0.15) is 0 Å². The second-order valence-electron chi connectivity index (χ2n) is 5.50. The van der Waals surface area contributed by atoms with Crippen LogP contribution in [0.5, 0.6) is 0 Å². The zero-order chi connectivity index (χ0) is 13.9. The van der Waals surface area contributed by atoms with E-state index in [2.05, 4.69) is 20.7 Å². The Kier molecular flexibility index (Phi) is 4.69. The highest BCUT2D eigenvalue weighted by Gasteiger charge is 2.31. The molecule has 1 aromatic rings. The van der Waals surface area contributed by atoms with E-state index >= 15 is 0 Å². The molecule has 0 radical (unpaired) electrons. The molecule has 3 nitrogen and oxygen atoms in total. The van der Waals surface area contributed by atoms with Crippen molar-refractivity contribution in [2.75, 3.05) is 0 Å². The van der Waals surface area contributed by atoms with Crippen LogP contribution in [0.4, 0.5) is 0 Å². The molecule has 0 aromatic heterocycles. The molecular weight excluding hydrogens is 326 g/mol. The van der Waals surface area contributed by atoms with Crippen molar-refractivity contribution in [3.63, 3.8) is 0 Å². The fourth-order valence-corrected chi connectivity index (χ4v) is 4.41. The van der Waals surface area contributed by atoms with E-state index in [-0.39, 0.29) is 5.54 Å². The third kappa shape index (κ3) is 3.80. The van der Waals surface area contributed by atoms with Crippen molar-refractivity contribution < 1.29 is 8.42 Å². The molecule has 1 fully saturated rings. The van der Waals surface area contributed by atoms with E-state index in [9.17, 15) is 8.42 Å². The third-order valence-corrected chi connectivity index (χ3v) is 6.03. The summed E-state index contributed by atoms with van der Waals surface area (Å²) in [6, 6.07) is 7.02. The van der Waals surface area contributed by atoms with Crippen LogP contribution < -0.4 is 4.72 Å². The Hall–Kier alpha value is -0.390. The number of hydrogen-bond acceptors (Lipinski definition) is 2. The van der Waals surface area contributed by atoms with Gasteiger partial charge in [-0.25, -0.2) is 13.1 Å². The van der Waals surface area contributed by atoms with E-state index in [1.807, 2.05) is 19.1 Å². The van der Waals surface area contributed by atoms with Gasteiger partial charge in [-0.3, -0.25) is 0 Å². The van der Waals surface area contributed by atoms with Crippen molar-refractivity contribution in [3.8, 4) is 0 Å². The first kappa shape index (κ1) is 15.0. The molecule has 19 heavy (non-hydrogen) atoms. The van der Waals surface area contributed by atoms with Crippen molar-refractivity contribution >= 4 is 26.0 Å². The molecule has 106 valence electrons. The Morgan fingerprint density at radius 2 is 1.74 bits per heavy atom. The molecule has 0 spiro atoms. The van der Waals surface area contributed by atoms with Crippen LogP contribution in [0.15, 0.2) is 29.2 Å². The minimum atomic E-state index is -3.41. The smallest absolute Gasteiger partial charge is 0.207 e. The summed E-state index contributed by atoms with van der Waals surface area (Å²) < 4.78 is 27.7. The topological polar surface area (TPSA) is 46.2 Å². The molecule has 0 saturated heterocycles. The molecule has 1 saturated carbocycles. The predicted octanol–water partition coefficient (Wildman–Crippen LogP) is 3.58. The SMILES string of the molecule is CC1(NS(=O)(=O)c2ccc(CBr)cc2)CCCCC1. The summed E-state index contributed by atoms with van der Waals surface area (Å²) in [5.41, 5.74) is 0.786. The summed E-state index contributed by atoms with van der Waals surface area (Å²) >= 11 is 3.36. The summed E-state index contributed by atoms with van der Waals surface area (Å²) in [5, 5.41) is 0.735. The highest BCUT2D eigenvalue weighted by Crippen LogP contribution is 2.29. The Morgan fingerprint density at radius 3 is 2.26 bits per heavy atom. The molecule has 1 aliphatic rings. The highest BCUT2D eigenvalue weighted by molar-refractivity contribution is 9.08. The van der Waals surface area contributed by atoms with Gasteiger partial charge in [0, 0.05) is 10.9 Å². The summed E-state index contributed by atoms with van der Waals surface area (Å²) in [4.78, 5) is 0.351. The van der Waals surface area contributed by atoms with Crippen molar-refractivity contribution in [1.82, 2.24) is 4.72 Å². The van der Waals surface area contributed by atoms with Gasteiger partial charge in [0.2, 0.25) is 10.0 Å². The van der Waals surface area contributed by atoms with Crippen LogP contribution in [0, 0.1) is 0 Å². The molecule has 0 bridgehead atoms. The first-order chi connectivity index (χ1) is 8.95. The van der Waals surface area contributed by atoms with Gasteiger partial charge >= 0.3 is 0 Å². The largest absolute Gasteiger partial charge is 0.241 e. The maximum absolute atomic E-state index is 12.4. The summed E-state index contributed by atoms with van der Waals surface area (Å²) in [5.74, 6) is 0. The summed E-state index contributed by atoms with van der Waals surface area (Å²) in [6.45, 7) is 2.01. The van der Waals surface area contributed by atoms with Crippen LogP contribution in [-0.4, -0.2) is 14.0 Å². The molecule has 0 unspecified atom stereocenters. The normalized spacial score (nSPS) is 19.3. The van der Waals surface area contributed by atoms with Crippen LogP contribution in [-0.2, 0) is 15.4 Å². The van der Waals surface area contributed by atoms with E-state index in [0.29, 0.717) is 4.90 Å². The number of benzene rings is 1. The molecule has 0 amide bonds. The Labute approximate surface area is 124 Å². The second kappa shape index (κ2) is 5.94. The van der Waals surface area contributed by atoms with Gasteiger partial charge in [-0.1, -0.05) is 47.3 Å². The predicted molar refractivity (Wildman–Crippen MR) is 80.9 cm³/mol. The van der Waals surface area contributed by atoms with E-state index in [0.717, 1.165) is 36.6 Å². The zero-order valence-corrected chi connectivity index (χ0v) is 13.6. The van der Waals surface area contributed by atoms with Crippen LogP contribution in [0.25, 0.3) is 0 Å². The number of hydrogen-bond donors (Lipinski definition) is 1. The van der Waals surface area contributed by atoms with Gasteiger partial charge in [-0.15, -0.1) is 0 Å². The molecule has 0 aliphatic heterocycles. The molecule has 0 heterocycles. The van der Waals surface area contributed by atoms with Crippen LogP contribution >= 0.6 is 15.9 Å². The lowest BCUT2D eigenvalue weighted by molar-refractivity contribution is 0.294. The first-order valence-electron chi connectivity index (χ1n) is 6.64. The Balaban J connectivity index is 2.17. The zero-order valence-electron chi connectivity index (χ0n) is 11.2. The second-order valence-corrected chi connectivity index (χ2v) is 7.75. The minimum Gasteiger partial charge on any atom is -0.207 e. The minimum absolute atomic E-state index is 0.287. The van der Waals surface area contributed by atoms with Crippen LogP contribution in [0.3, 0.4) is 0 Å². The van der Waals surface area contributed by atoms with Gasteiger partial charge in [0.15, 0.2) is 0 Å². The number of rotatable bonds is 4. The van der Waals surface area contributed by atoms with Crippen molar-refractivity contribution in [3.05, 3.63) is 29.8 Å². The van der Waals surface area contributed by atoms with E-state index in [1.165, 1.54) is 6.42 Å². The van der Waals surface area contributed by atoms with E-state index in [4.69, 9.17) is 0 Å². The lowest BCUT2D eigenvalue weighted by Gasteiger charge is -2.34. The lowest BCUT2D eigenvalue weighted by atomic mass is 9.84. The number of sulfonamides is 1. The fraction of sp³-hybridized carbons (Fsp3) is 0.571. The Morgan fingerprint density at radius 1 is 1.16 bits per heavy atom. The molecule has 5 heteroatoms. The third-order valence-electron chi connectivity index (χ3n) is 3.73. The lowest BCUT2D eigenvalue weighted by Crippen LogP contribution is -2.47. The van der Waals surface area contributed by atoms with Crippen molar-refractivity contribution in [1.29, 1.82) is 0 Å². The summed E-state index contributed by atoms with van der Waals surface area (Å²) in [6.07, 6.45) is 5.25. The molecule has 1 N–H and O–H groups in total. The average molecular weight is 346 g/mol. The molecule has 2 rings (SSSR count). The number of alkyl halides is 1. The van der Waals surface area contributed by atoms with E-state index < -0.39 is 10.0 Å². The van der Waals surface area contributed by atoms with Gasteiger partial charge < -0.3 is 0 Å². The van der Waals surface area contributed by atoms with Gasteiger partial charge in [0.25, 0.3) is 0 Å². The summed E-state index contributed by atoms with van der Waals surface area (Å²) in [7, 11) is -3.41. The van der Waals surface area contributed by atoms with Crippen molar-refractivity contribution in [2.24, 2.45) is 0 Å². The monoisotopic (exact) mass is 345 g/mol. The molecule has 0 atom stereocenters. The van der Waals surface area contributed by atoms with Crippen molar-refractivity contribution in [2.45, 2.75) is 54.8 Å². The van der Waals surface area contributed by atoms with Gasteiger partial charge in [0.05, 0.1) is 4.90 Å². The molecule has 1 aliphatic carbocycles. The highest BCUT2D eigenvalue weighted by atomic mass is 79.9. The number of halogens is 1. The quantitative estimate of drug-likeness (QED) is 0.847. The fourth-order valence-electron chi connectivity index (χ4n) is 2.58. The van der Waals surface area contributed by atoms with Gasteiger partial charge in [-0.05, 0) is 37.5 Å². The standard InChI is InChI=1S/C14H20BrNO2S/c1-14(9-3-2-4-10-14)16-19(17,18)13-7-5-12(11-15)6-8-13/h5-8,16H,2-4,9-11H2,1H3. The maximum atomic E-state index is 12.4. The number of nitrogens with one attached hydrogen (secondary N) is 1. The van der Waals surface area contributed by atoms with Crippen LogP contribution in [0.1, 0.15) is 44.6 Å². The molecule has 1 aromatic carbocycles. The first-order valence-corrected chi connectivity index (χ1v) is 9.25. The van der Waals surface area contributed by atoms with Crippen LogP contribution in [0.2, 0.25) is 0 Å². The van der Waals surface area contributed by atoms with Gasteiger partial charge in [-0.2, -0.15) is 0 Å². The molecular formula is C14H20BrNO2S. The average Bonchev–Trinajstić information content (AvgIpc) is 2.38. The maximum Gasteiger partial charge on any atom is 0.241 e. The van der Waals surface area contributed by atoms with E-state index in [1.54, 1.807) is 12.1 Å².